The minimum absolute atomic E-state index is 0.115. The van der Waals surface area contributed by atoms with Gasteiger partial charge in [0.1, 0.15) is 0 Å². The molecule has 0 saturated heterocycles. The molecule has 0 fully saturated rings. The number of nitrogens with one attached hydrogen (secondary N) is 2. The van der Waals surface area contributed by atoms with Gasteiger partial charge in [0.25, 0.3) is 5.91 Å². The van der Waals surface area contributed by atoms with Crippen LogP contribution in [0.25, 0.3) is 0 Å². The lowest BCUT2D eigenvalue weighted by Crippen LogP contribution is -2.16. The van der Waals surface area contributed by atoms with E-state index in [2.05, 4.69) is 26.6 Å². The summed E-state index contributed by atoms with van der Waals surface area (Å²) in [6.45, 7) is 3.99. The van der Waals surface area contributed by atoms with Crippen LogP contribution >= 0.6 is 27.7 Å². The zero-order chi connectivity index (χ0) is 20.8. The number of halogens is 1. The number of thioether (sulfide) groups is 1. The Balaban J connectivity index is 1.65. The number of aryl methyl sites for hydroxylation is 2. The van der Waals surface area contributed by atoms with Gasteiger partial charge < -0.3 is 10.6 Å². The van der Waals surface area contributed by atoms with E-state index in [1.165, 1.54) is 11.8 Å². The Labute approximate surface area is 183 Å². The number of rotatable bonds is 6. The molecule has 2 N–H and O–H groups in total. The molecule has 29 heavy (non-hydrogen) atoms. The van der Waals surface area contributed by atoms with Crippen molar-refractivity contribution in [1.82, 2.24) is 0 Å². The van der Waals surface area contributed by atoms with Crippen LogP contribution in [0.15, 0.2) is 76.1 Å². The van der Waals surface area contributed by atoms with E-state index in [-0.39, 0.29) is 17.6 Å². The molecule has 0 bridgehead atoms. The fourth-order valence-corrected chi connectivity index (χ4v) is 4.11. The van der Waals surface area contributed by atoms with E-state index < -0.39 is 0 Å². The highest BCUT2D eigenvalue weighted by atomic mass is 79.9. The van der Waals surface area contributed by atoms with Gasteiger partial charge in [-0.25, -0.2) is 0 Å². The molecule has 0 aliphatic rings. The minimum Gasteiger partial charge on any atom is -0.325 e. The minimum atomic E-state index is -0.211. The summed E-state index contributed by atoms with van der Waals surface area (Å²) in [5.41, 5.74) is 4.24. The molecule has 0 atom stereocenters. The molecule has 3 aromatic rings. The molecule has 0 saturated carbocycles. The van der Waals surface area contributed by atoms with Crippen molar-refractivity contribution in [3.63, 3.8) is 0 Å². The summed E-state index contributed by atoms with van der Waals surface area (Å²) in [5.74, 6) is -0.112. The molecular formula is C23H21BrN2O2S. The van der Waals surface area contributed by atoms with Crippen molar-refractivity contribution in [3.8, 4) is 0 Å². The summed E-state index contributed by atoms with van der Waals surface area (Å²) in [6, 6.07) is 20.7. The molecule has 0 aromatic heterocycles. The topological polar surface area (TPSA) is 58.2 Å². The van der Waals surface area contributed by atoms with Crippen molar-refractivity contribution in [3.05, 3.63) is 87.9 Å². The van der Waals surface area contributed by atoms with Crippen LogP contribution in [0.1, 0.15) is 21.5 Å². The first kappa shape index (κ1) is 21.1. The predicted octanol–water partition coefficient (Wildman–Crippen LogP) is 6.05. The van der Waals surface area contributed by atoms with E-state index in [9.17, 15) is 9.59 Å². The number of anilines is 2. The van der Waals surface area contributed by atoms with Crippen molar-refractivity contribution >= 4 is 50.9 Å². The Hall–Kier alpha value is -2.57. The Morgan fingerprint density at radius 3 is 2.31 bits per heavy atom. The fraction of sp³-hybridized carbons (Fsp3) is 0.130. The maximum Gasteiger partial charge on any atom is 0.256 e. The van der Waals surface area contributed by atoms with Gasteiger partial charge in [-0.2, -0.15) is 0 Å². The van der Waals surface area contributed by atoms with E-state index in [1.807, 2.05) is 74.5 Å². The van der Waals surface area contributed by atoms with Crippen molar-refractivity contribution in [2.45, 2.75) is 18.7 Å². The van der Waals surface area contributed by atoms with E-state index in [0.29, 0.717) is 11.3 Å². The van der Waals surface area contributed by atoms with Crippen molar-refractivity contribution in [2.24, 2.45) is 0 Å². The van der Waals surface area contributed by atoms with E-state index in [0.717, 1.165) is 26.2 Å². The fourth-order valence-electron chi connectivity index (χ4n) is 2.67. The first-order valence-corrected chi connectivity index (χ1v) is 10.9. The largest absolute Gasteiger partial charge is 0.325 e. The molecule has 0 unspecified atom stereocenters. The third-order valence-electron chi connectivity index (χ3n) is 4.20. The molecule has 0 aliphatic heterocycles. The summed E-state index contributed by atoms with van der Waals surface area (Å²) in [4.78, 5) is 25.8. The van der Waals surface area contributed by atoms with Crippen LogP contribution in [-0.4, -0.2) is 17.6 Å². The highest BCUT2D eigenvalue weighted by Crippen LogP contribution is 2.27. The normalized spacial score (nSPS) is 10.4. The molecule has 0 aliphatic carbocycles. The lowest BCUT2D eigenvalue weighted by Gasteiger charge is -2.12. The molecule has 0 heterocycles. The first-order chi connectivity index (χ1) is 13.9. The third kappa shape index (κ3) is 5.95. The van der Waals surface area contributed by atoms with Gasteiger partial charge in [0.05, 0.1) is 17.0 Å². The summed E-state index contributed by atoms with van der Waals surface area (Å²) >= 11 is 4.82. The van der Waals surface area contributed by atoms with E-state index in [4.69, 9.17) is 0 Å². The lowest BCUT2D eigenvalue weighted by molar-refractivity contribution is -0.113. The Morgan fingerprint density at radius 1 is 0.897 bits per heavy atom. The highest BCUT2D eigenvalue weighted by Gasteiger charge is 2.14. The quantitative estimate of drug-likeness (QED) is 0.432. The van der Waals surface area contributed by atoms with Gasteiger partial charge in [0.2, 0.25) is 5.91 Å². The second-order valence-corrected chi connectivity index (χ2v) is 8.51. The molecule has 3 rings (SSSR count). The Morgan fingerprint density at radius 2 is 1.59 bits per heavy atom. The van der Waals surface area contributed by atoms with Gasteiger partial charge in [0.15, 0.2) is 0 Å². The van der Waals surface area contributed by atoms with Gasteiger partial charge in [0, 0.05) is 15.1 Å². The zero-order valence-corrected chi connectivity index (χ0v) is 18.6. The number of amides is 2. The van der Waals surface area contributed by atoms with Crippen LogP contribution in [0, 0.1) is 13.8 Å². The average molecular weight is 469 g/mol. The summed E-state index contributed by atoms with van der Waals surface area (Å²) in [7, 11) is 0. The van der Waals surface area contributed by atoms with Gasteiger partial charge in [-0.3, -0.25) is 9.59 Å². The monoisotopic (exact) mass is 468 g/mol. The second-order valence-electron chi connectivity index (χ2n) is 6.64. The predicted molar refractivity (Wildman–Crippen MR) is 124 cm³/mol. The van der Waals surface area contributed by atoms with Gasteiger partial charge in [-0.15, -0.1) is 11.8 Å². The molecule has 0 radical (unpaired) electrons. The molecule has 148 valence electrons. The van der Waals surface area contributed by atoms with Crippen LogP contribution in [0.3, 0.4) is 0 Å². The number of carbonyl (C=O) groups excluding carboxylic acids is 2. The second kappa shape index (κ2) is 9.76. The number of hydrogen-bond acceptors (Lipinski definition) is 3. The highest BCUT2D eigenvalue weighted by molar-refractivity contribution is 9.10. The first-order valence-electron chi connectivity index (χ1n) is 9.08. The summed E-state index contributed by atoms with van der Waals surface area (Å²) in [6.07, 6.45) is 0. The molecular weight excluding hydrogens is 448 g/mol. The van der Waals surface area contributed by atoms with Crippen molar-refractivity contribution in [2.75, 3.05) is 16.4 Å². The van der Waals surface area contributed by atoms with E-state index >= 15 is 0 Å². The molecule has 3 aromatic carbocycles. The summed E-state index contributed by atoms with van der Waals surface area (Å²) < 4.78 is 0.827. The standard InChI is InChI=1S/C23H21BrN2O2S/c1-15-7-10-17(11-8-15)25-22(27)14-29-21-6-4-3-5-18(21)23(28)26-20-12-9-16(2)13-19(20)24/h3-13H,14H2,1-2H3,(H,25,27)(H,26,28). The molecule has 4 nitrogen and oxygen atoms in total. The van der Waals surface area contributed by atoms with Crippen LogP contribution in [0.5, 0.6) is 0 Å². The number of benzene rings is 3. The Kier molecular flexibility index (Phi) is 7.12. The zero-order valence-electron chi connectivity index (χ0n) is 16.2. The van der Waals surface area contributed by atoms with Crippen molar-refractivity contribution < 1.29 is 9.59 Å². The van der Waals surface area contributed by atoms with Gasteiger partial charge >= 0.3 is 0 Å². The Bertz CT molecular complexity index is 1040. The van der Waals surface area contributed by atoms with Crippen LogP contribution in [-0.2, 0) is 4.79 Å². The van der Waals surface area contributed by atoms with Gasteiger partial charge in [-0.05, 0) is 71.7 Å². The summed E-state index contributed by atoms with van der Waals surface area (Å²) in [5, 5.41) is 5.80. The van der Waals surface area contributed by atoms with Crippen LogP contribution < -0.4 is 10.6 Å². The third-order valence-corrected chi connectivity index (χ3v) is 5.93. The van der Waals surface area contributed by atoms with Crippen LogP contribution in [0.2, 0.25) is 0 Å². The maximum absolute atomic E-state index is 12.8. The molecule has 6 heteroatoms. The molecule has 0 spiro atoms. The average Bonchev–Trinajstić information content (AvgIpc) is 2.70. The lowest BCUT2D eigenvalue weighted by atomic mass is 10.2. The number of carbonyl (C=O) groups is 2. The van der Waals surface area contributed by atoms with Crippen LogP contribution in [0.4, 0.5) is 11.4 Å². The smallest absolute Gasteiger partial charge is 0.256 e. The van der Waals surface area contributed by atoms with Gasteiger partial charge in [-0.1, -0.05) is 35.9 Å². The molecule has 2 amide bonds. The van der Waals surface area contributed by atoms with Crippen molar-refractivity contribution in [1.29, 1.82) is 0 Å². The SMILES string of the molecule is Cc1ccc(NC(=O)CSc2ccccc2C(=O)Nc2ccc(C)cc2Br)cc1. The maximum atomic E-state index is 12.8. The van der Waals surface area contributed by atoms with E-state index in [1.54, 1.807) is 6.07 Å². The number of hydrogen-bond donors (Lipinski definition) is 2.